The summed E-state index contributed by atoms with van der Waals surface area (Å²) in [4.78, 5) is 69.2. The van der Waals surface area contributed by atoms with Crippen LogP contribution in [0, 0.1) is 21.4 Å². The number of ether oxygens (including phenoxy) is 4. The number of anilines is 1. The maximum absolute atomic E-state index is 12.5. The predicted molar refractivity (Wildman–Crippen MR) is 117 cm³/mol. The number of benzene rings is 2. The maximum Gasteiger partial charge on any atom is 0.338 e. The molecule has 36 heavy (non-hydrogen) atoms. The van der Waals surface area contributed by atoms with Crippen molar-refractivity contribution in [3.8, 4) is 23.3 Å². The number of carbonyl (C=O) groups excluding carboxylic acids is 5. The van der Waals surface area contributed by atoms with Crippen LogP contribution in [-0.4, -0.2) is 41.3 Å². The Kier molecular flexibility index (Phi) is 8.75. The molecule has 0 radical (unpaired) electrons. The zero-order valence-corrected chi connectivity index (χ0v) is 19.0. The van der Waals surface area contributed by atoms with Crippen LogP contribution in [0.3, 0.4) is 0 Å². The van der Waals surface area contributed by atoms with Gasteiger partial charge in [0.2, 0.25) is 5.75 Å². The van der Waals surface area contributed by atoms with E-state index in [1.165, 1.54) is 0 Å². The van der Waals surface area contributed by atoms with Crippen molar-refractivity contribution in [2.45, 2.75) is 20.8 Å². The van der Waals surface area contributed by atoms with Gasteiger partial charge in [-0.25, -0.2) is 4.79 Å². The van der Waals surface area contributed by atoms with Crippen LogP contribution in [0.5, 0.6) is 17.2 Å². The average molecular weight is 499 g/mol. The Morgan fingerprint density at radius 3 is 1.97 bits per heavy atom. The molecule has 14 nitrogen and oxygen atoms in total. The molecular formula is C22H17N3O11. The Labute approximate surface area is 202 Å². The first-order chi connectivity index (χ1) is 16.9. The Morgan fingerprint density at radius 1 is 0.944 bits per heavy atom. The molecule has 1 amide bonds. The number of nitro groups is 1. The molecular weight excluding hydrogens is 482 g/mol. The SMILES string of the molecule is CC(=O)Oc1cc(C(=O)OCC(=O)Nc2ccc([N+](=O)[O-])cc2C#N)cc(OC(C)=O)c1OC(C)=O. The molecule has 0 spiro atoms. The number of carbonyl (C=O) groups is 5. The van der Waals surface area contributed by atoms with E-state index < -0.39 is 58.6 Å². The first-order valence-electron chi connectivity index (χ1n) is 9.80. The molecule has 0 aliphatic heterocycles. The van der Waals surface area contributed by atoms with Gasteiger partial charge in [0.25, 0.3) is 11.6 Å². The minimum atomic E-state index is -1.12. The van der Waals surface area contributed by atoms with Crippen LogP contribution in [0.2, 0.25) is 0 Å². The summed E-state index contributed by atoms with van der Waals surface area (Å²) >= 11 is 0. The van der Waals surface area contributed by atoms with Gasteiger partial charge in [0.1, 0.15) is 6.07 Å². The van der Waals surface area contributed by atoms with Gasteiger partial charge in [0.05, 0.1) is 21.7 Å². The first kappa shape index (κ1) is 26.9. The van der Waals surface area contributed by atoms with Crippen molar-refractivity contribution in [2.24, 2.45) is 0 Å². The molecule has 0 bridgehead atoms. The number of nitro benzene ring substituents is 1. The van der Waals surface area contributed by atoms with Crippen LogP contribution in [0.4, 0.5) is 11.4 Å². The highest BCUT2D eigenvalue weighted by atomic mass is 16.6. The van der Waals surface area contributed by atoms with Gasteiger partial charge in [0.15, 0.2) is 18.1 Å². The molecule has 2 aromatic carbocycles. The van der Waals surface area contributed by atoms with Gasteiger partial charge in [-0.05, 0) is 18.2 Å². The van der Waals surface area contributed by atoms with E-state index in [4.69, 9.17) is 24.2 Å². The molecule has 1 N–H and O–H groups in total. The number of rotatable bonds is 8. The molecule has 0 heterocycles. The summed E-state index contributed by atoms with van der Waals surface area (Å²) in [6.45, 7) is 2.26. The highest BCUT2D eigenvalue weighted by Crippen LogP contribution is 2.39. The molecule has 0 atom stereocenters. The fourth-order valence-electron chi connectivity index (χ4n) is 2.65. The summed E-state index contributed by atoms with van der Waals surface area (Å²) in [7, 11) is 0. The van der Waals surface area contributed by atoms with E-state index in [0.717, 1.165) is 51.1 Å². The zero-order chi connectivity index (χ0) is 27.0. The molecule has 0 unspecified atom stereocenters. The summed E-state index contributed by atoms with van der Waals surface area (Å²) in [5, 5.41) is 22.3. The highest BCUT2D eigenvalue weighted by molar-refractivity contribution is 5.97. The van der Waals surface area contributed by atoms with E-state index in [2.05, 4.69) is 5.32 Å². The largest absolute Gasteiger partial charge is 0.452 e. The summed E-state index contributed by atoms with van der Waals surface area (Å²) in [5.74, 6) is -5.85. The number of non-ortho nitro benzene ring substituents is 1. The minimum absolute atomic E-state index is 0.0517. The second kappa shape index (κ2) is 11.7. The van der Waals surface area contributed by atoms with Crippen LogP contribution >= 0.6 is 0 Å². The molecule has 2 rings (SSSR count). The highest BCUT2D eigenvalue weighted by Gasteiger charge is 2.23. The van der Waals surface area contributed by atoms with E-state index in [9.17, 15) is 34.1 Å². The molecule has 0 saturated heterocycles. The summed E-state index contributed by atoms with van der Waals surface area (Å²) < 4.78 is 19.7. The second-order valence-corrected chi connectivity index (χ2v) is 6.81. The molecule has 186 valence electrons. The Morgan fingerprint density at radius 2 is 1.50 bits per heavy atom. The van der Waals surface area contributed by atoms with Crippen molar-refractivity contribution in [3.63, 3.8) is 0 Å². The molecule has 0 aliphatic carbocycles. The van der Waals surface area contributed by atoms with Crippen LogP contribution in [0.15, 0.2) is 30.3 Å². The lowest BCUT2D eigenvalue weighted by molar-refractivity contribution is -0.384. The van der Waals surface area contributed by atoms with E-state index in [0.29, 0.717) is 0 Å². The van der Waals surface area contributed by atoms with Crippen molar-refractivity contribution in [3.05, 3.63) is 51.6 Å². The summed E-state index contributed by atoms with van der Waals surface area (Å²) in [5.41, 5.74) is -0.939. The van der Waals surface area contributed by atoms with E-state index in [-0.39, 0.29) is 22.5 Å². The number of nitrogens with one attached hydrogen (secondary N) is 1. The molecule has 0 aliphatic rings. The van der Waals surface area contributed by atoms with Crippen molar-refractivity contribution >= 4 is 41.2 Å². The van der Waals surface area contributed by atoms with Crippen molar-refractivity contribution in [1.82, 2.24) is 0 Å². The third kappa shape index (κ3) is 7.35. The Balaban J connectivity index is 2.25. The van der Waals surface area contributed by atoms with Gasteiger partial charge in [-0.1, -0.05) is 0 Å². The summed E-state index contributed by atoms with van der Waals surface area (Å²) in [6, 6.07) is 6.81. The van der Waals surface area contributed by atoms with Gasteiger partial charge in [-0.2, -0.15) is 5.26 Å². The smallest absolute Gasteiger partial charge is 0.338 e. The average Bonchev–Trinajstić information content (AvgIpc) is 2.78. The van der Waals surface area contributed by atoms with Crippen LogP contribution in [-0.2, 0) is 23.9 Å². The number of amides is 1. The number of hydrogen-bond acceptors (Lipinski definition) is 12. The topological polar surface area (TPSA) is 201 Å². The van der Waals surface area contributed by atoms with Crippen LogP contribution in [0.25, 0.3) is 0 Å². The molecule has 0 aromatic heterocycles. The Hall–Kier alpha value is -5.32. The van der Waals surface area contributed by atoms with Gasteiger partial charge >= 0.3 is 23.9 Å². The molecule has 14 heteroatoms. The van der Waals surface area contributed by atoms with Gasteiger partial charge in [-0.3, -0.25) is 29.3 Å². The zero-order valence-electron chi connectivity index (χ0n) is 19.0. The van der Waals surface area contributed by atoms with E-state index >= 15 is 0 Å². The summed E-state index contributed by atoms with van der Waals surface area (Å²) in [6.07, 6.45) is 0. The third-order valence-corrected chi connectivity index (χ3v) is 3.95. The fraction of sp³-hybridized carbons (Fsp3) is 0.182. The predicted octanol–water partition coefficient (Wildman–Crippen LogP) is 2.04. The standard InChI is InChI=1S/C22H17N3O11/c1-11(26)34-18-7-14(8-19(35-12(2)27)21(18)36-13(3)28)22(30)33-10-20(29)24-17-5-4-16(25(31)32)6-15(17)9-23/h4-8H,10H2,1-3H3,(H,24,29). The fourth-order valence-corrected chi connectivity index (χ4v) is 2.65. The lowest BCUT2D eigenvalue weighted by Gasteiger charge is -2.14. The van der Waals surface area contributed by atoms with Crippen LogP contribution in [0.1, 0.15) is 36.7 Å². The monoisotopic (exact) mass is 499 g/mol. The maximum atomic E-state index is 12.5. The molecule has 0 fully saturated rings. The quantitative estimate of drug-likeness (QED) is 0.240. The lowest BCUT2D eigenvalue weighted by atomic mass is 10.1. The van der Waals surface area contributed by atoms with Crippen LogP contribution < -0.4 is 19.5 Å². The lowest BCUT2D eigenvalue weighted by Crippen LogP contribution is -2.21. The van der Waals surface area contributed by atoms with Gasteiger partial charge < -0.3 is 24.3 Å². The minimum Gasteiger partial charge on any atom is -0.452 e. The number of esters is 4. The molecule has 0 saturated carbocycles. The second-order valence-electron chi connectivity index (χ2n) is 6.81. The number of nitriles is 1. The van der Waals surface area contributed by atoms with Crippen molar-refractivity contribution in [1.29, 1.82) is 5.26 Å². The first-order valence-corrected chi connectivity index (χ1v) is 9.80. The van der Waals surface area contributed by atoms with E-state index in [1.807, 2.05) is 0 Å². The van der Waals surface area contributed by atoms with Gasteiger partial charge in [0, 0.05) is 32.9 Å². The Bertz CT molecular complexity index is 1270. The third-order valence-electron chi connectivity index (χ3n) is 3.95. The normalized spacial score (nSPS) is 9.83. The van der Waals surface area contributed by atoms with E-state index in [1.54, 1.807) is 6.07 Å². The number of hydrogen-bond donors (Lipinski definition) is 1. The van der Waals surface area contributed by atoms with Crippen molar-refractivity contribution in [2.75, 3.05) is 11.9 Å². The molecule has 2 aromatic rings. The van der Waals surface area contributed by atoms with Gasteiger partial charge in [-0.15, -0.1) is 0 Å². The van der Waals surface area contributed by atoms with Crippen molar-refractivity contribution < 1.29 is 47.8 Å². The number of nitrogens with zero attached hydrogens (tertiary/aromatic N) is 2.